The van der Waals surface area contributed by atoms with E-state index >= 15 is 0 Å². The van der Waals surface area contributed by atoms with Gasteiger partial charge in [-0.2, -0.15) is 0 Å². The molecule has 1 N–H and O–H groups in total. The molecule has 30 heavy (non-hydrogen) atoms. The van der Waals surface area contributed by atoms with Gasteiger partial charge in [-0.25, -0.2) is 4.98 Å². The van der Waals surface area contributed by atoms with Crippen molar-refractivity contribution in [1.82, 2.24) is 4.98 Å². The van der Waals surface area contributed by atoms with Gasteiger partial charge in [0.2, 0.25) is 0 Å². The molecular formula is C23H19ClN2O3S. The maximum atomic E-state index is 12.9. The van der Waals surface area contributed by atoms with Gasteiger partial charge in [-0.15, -0.1) is 0 Å². The van der Waals surface area contributed by atoms with Crippen LogP contribution in [0.5, 0.6) is 11.5 Å². The zero-order valence-electron chi connectivity index (χ0n) is 16.2. The van der Waals surface area contributed by atoms with Crippen LogP contribution >= 0.6 is 22.9 Å². The van der Waals surface area contributed by atoms with Gasteiger partial charge in [-0.05, 0) is 43.3 Å². The minimum absolute atomic E-state index is 0.269. The van der Waals surface area contributed by atoms with E-state index in [0.717, 1.165) is 21.5 Å². The quantitative estimate of drug-likeness (QED) is 0.374. The Bertz CT molecular complexity index is 1190. The van der Waals surface area contributed by atoms with Crippen LogP contribution in [-0.2, 0) is 6.61 Å². The highest BCUT2D eigenvalue weighted by Gasteiger charge is 2.15. The van der Waals surface area contributed by atoms with Gasteiger partial charge in [0.1, 0.15) is 18.1 Å². The van der Waals surface area contributed by atoms with Gasteiger partial charge in [0.15, 0.2) is 5.13 Å². The predicted octanol–water partition coefficient (Wildman–Crippen LogP) is 6.18. The molecule has 0 aliphatic heterocycles. The van der Waals surface area contributed by atoms with Crippen LogP contribution in [-0.4, -0.2) is 17.5 Å². The first kappa shape index (κ1) is 20.2. The number of benzene rings is 3. The van der Waals surface area contributed by atoms with E-state index in [1.165, 1.54) is 11.3 Å². The lowest BCUT2D eigenvalue weighted by Gasteiger charge is -2.11. The second-order valence-corrected chi connectivity index (χ2v) is 7.85. The summed E-state index contributed by atoms with van der Waals surface area (Å²) in [6.07, 6.45) is 0. The van der Waals surface area contributed by atoms with Crippen LogP contribution in [0.4, 0.5) is 5.13 Å². The van der Waals surface area contributed by atoms with Crippen LogP contribution in [0.15, 0.2) is 66.7 Å². The zero-order chi connectivity index (χ0) is 20.9. The molecule has 3 aromatic carbocycles. The number of anilines is 1. The molecule has 7 heteroatoms. The summed E-state index contributed by atoms with van der Waals surface area (Å²) >= 11 is 7.59. The van der Waals surface area contributed by atoms with Gasteiger partial charge in [0, 0.05) is 10.6 Å². The van der Waals surface area contributed by atoms with Crippen LogP contribution in [0.3, 0.4) is 0 Å². The lowest BCUT2D eigenvalue weighted by atomic mass is 10.2. The van der Waals surface area contributed by atoms with E-state index < -0.39 is 0 Å². The number of thiazole rings is 1. The molecule has 0 radical (unpaired) electrons. The number of hydrogen-bond donors (Lipinski definition) is 1. The number of halogens is 1. The smallest absolute Gasteiger partial charge is 0.261 e. The summed E-state index contributed by atoms with van der Waals surface area (Å²) in [4.78, 5) is 17.4. The number of fused-ring (bicyclic) bond motifs is 1. The number of rotatable bonds is 7. The molecule has 5 nitrogen and oxygen atoms in total. The molecule has 4 aromatic rings. The van der Waals surface area contributed by atoms with Crippen molar-refractivity contribution in [3.05, 3.63) is 82.9 Å². The first-order chi connectivity index (χ1) is 14.6. The number of para-hydroxylation sites is 1. The first-order valence-electron chi connectivity index (χ1n) is 9.44. The molecule has 0 saturated carbocycles. The molecule has 4 rings (SSSR count). The Morgan fingerprint density at radius 1 is 1.07 bits per heavy atom. The van der Waals surface area contributed by atoms with E-state index in [0.29, 0.717) is 28.1 Å². The van der Waals surface area contributed by atoms with Gasteiger partial charge in [-0.1, -0.05) is 53.3 Å². The minimum Gasteiger partial charge on any atom is -0.494 e. The number of nitrogens with one attached hydrogen (secondary N) is 1. The van der Waals surface area contributed by atoms with Gasteiger partial charge >= 0.3 is 0 Å². The predicted molar refractivity (Wildman–Crippen MR) is 121 cm³/mol. The molecule has 152 valence electrons. The van der Waals surface area contributed by atoms with Crippen molar-refractivity contribution in [2.45, 2.75) is 13.5 Å². The first-order valence-corrected chi connectivity index (χ1v) is 10.6. The van der Waals surface area contributed by atoms with E-state index in [1.807, 2.05) is 55.5 Å². The molecule has 0 unspecified atom stereocenters. The van der Waals surface area contributed by atoms with E-state index in [2.05, 4.69) is 10.3 Å². The Kier molecular flexibility index (Phi) is 6.16. The summed E-state index contributed by atoms with van der Waals surface area (Å²) in [7, 11) is 0. The lowest BCUT2D eigenvalue weighted by molar-refractivity contribution is 0.102. The van der Waals surface area contributed by atoms with Crippen molar-refractivity contribution in [3.63, 3.8) is 0 Å². The highest BCUT2D eigenvalue weighted by Crippen LogP contribution is 2.30. The Labute approximate surface area is 183 Å². The summed E-state index contributed by atoms with van der Waals surface area (Å²) in [6, 6.07) is 20.2. The van der Waals surface area contributed by atoms with E-state index in [9.17, 15) is 4.79 Å². The van der Waals surface area contributed by atoms with Crippen molar-refractivity contribution in [1.29, 1.82) is 0 Å². The minimum atomic E-state index is -0.283. The summed E-state index contributed by atoms with van der Waals surface area (Å²) in [6.45, 7) is 2.80. The number of amides is 1. The van der Waals surface area contributed by atoms with E-state index in [-0.39, 0.29) is 12.5 Å². The van der Waals surface area contributed by atoms with Crippen molar-refractivity contribution in [3.8, 4) is 11.5 Å². The highest BCUT2D eigenvalue weighted by atomic mass is 35.5. The van der Waals surface area contributed by atoms with Crippen LogP contribution in [0.1, 0.15) is 22.8 Å². The molecule has 0 spiro atoms. The largest absolute Gasteiger partial charge is 0.494 e. The fraction of sp³-hybridized carbons (Fsp3) is 0.130. The number of carbonyl (C=O) groups excluding carboxylic acids is 1. The summed E-state index contributed by atoms with van der Waals surface area (Å²) in [5.41, 5.74) is 2.09. The Hall–Kier alpha value is -3.09. The molecule has 0 bridgehead atoms. The molecule has 1 amide bonds. The molecule has 1 aromatic heterocycles. The Morgan fingerprint density at radius 2 is 1.87 bits per heavy atom. The van der Waals surface area contributed by atoms with Crippen LogP contribution in [0, 0.1) is 0 Å². The average molecular weight is 439 g/mol. The fourth-order valence-electron chi connectivity index (χ4n) is 2.93. The highest BCUT2D eigenvalue weighted by molar-refractivity contribution is 7.22. The SMILES string of the molecule is CCOc1ccc2nc(NC(=O)c3ccccc3OCc3ccccc3Cl)sc2c1. The van der Waals surface area contributed by atoms with E-state index in [1.54, 1.807) is 18.2 Å². The molecular weight excluding hydrogens is 420 g/mol. The third-order valence-electron chi connectivity index (χ3n) is 4.36. The lowest BCUT2D eigenvalue weighted by Crippen LogP contribution is -2.13. The maximum Gasteiger partial charge on any atom is 0.261 e. The second kappa shape index (κ2) is 9.15. The van der Waals surface area contributed by atoms with Crippen LogP contribution < -0.4 is 14.8 Å². The topological polar surface area (TPSA) is 60.5 Å². The monoisotopic (exact) mass is 438 g/mol. The van der Waals surface area contributed by atoms with Crippen LogP contribution in [0.2, 0.25) is 5.02 Å². The third-order valence-corrected chi connectivity index (χ3v) is 5.67. The van der Waals surface area contributed by atoms with Crippen molar-refractivity contribution >= 4 is 44.2 Å². The van der Waals surface area contributed by atoms with Gasteiger partial charge in [0.05, 0.1) is 22.4 Å². The van der Waals surface area contributed by atoms with Gasteiger partial charge < -0.3 is 9.47 Å². The Morgan fingerprint density at radius 3 is 2.70 bits per heavy atom. The Balaban J connectivity index is 1.51. The zero-order valence-corrected chi connectivity index (χ0v) is 17.8. The van der Waals surface area contributed by atoms with Crippen LogP contribution in [0.25, 0.3) is 10.2 Å². The van der Waals surface area contributed by atoms with Crippen molar-refractivity contribution in [2.24, 2.45) is 0 Å². The normalized spacial score (nSPS) is 10.7. The molecule has 0 saturated heterocycles. The number of hydrogen-bond acceptors (Lipinski definition) is 5. The number of ether oxygens (including phenoxy) is 2. The maximum absolute atomic E-state index is 12.9. The molecule has 1 heterocycles. The average Bonchev–Trinajstić information content (AvgIpc) is 3.15. The fourth-order valence-corrected chi connectivity index (χ4v) is 4.01. The number of aromatic nitrogens is 1. The standard InChI is InChI=1S/C23H19ClN2O3S/c1-2-28-16-11-12-19-21(13-16)30-23(25-19)26-22(27)17-8-4-6-10-20(17)29-14-15-7-3-5-9-18(15)24/h3-13H,2,14H2,1H3,(H,25,26,27). The molecule has 0 aliphatic rings. The van der Waals surface area contributed by atoms with Gasteiger partial charge in [0.25, 0.3) is 5.91 Å². The van der Waals surface area contributed by atoms with Crippen molar-refractivity contribution in [2.75, 3.05) is 11.9 Å². The summed E-state index contributed by atoms with van der Waals surface area (Å²) in [5.74, 6) is 0.980. The molecule has 0 aliphatic carbocycles. The van der Waals surface area contributed by atoms with Crippen molar-refractivity contribution < 1.29 is 14.3 Å². The summed E-state index contributed by atoms with van der Waals surface area (Å²) < 4.78 is 12.4. The van der Waals surface area contributed by atoms with Gasteiger partial charge in [-0.3, -0.25) is 10.1 Å². The number of carbonyl (C=O) groups is 1. The number of nitrogens with zero attached hydrogens (tertiary/aromatic N) is 1. The molecule has 0 fully saturated rings. The molecule has 0 atom stereocenters. The summed E-state index contributed by atoms with van der Waals surface area (Å²) in [5, 5.41) is 4.01. The van der Waals surface area contributed by atoms with E-state index in [4.69, 9.17) is 21.1 Å². The third kappa shape index (κ3) is 4.56. The second-order valence-electron chi connectivity index (χ2n) is 6.41.